The van der Waals surface area contributed by atoms with Gasteiger partial charge in [-0.25, -0.2) is 4.98 Å². The van der Waals surface area contributed by atoms with Crippen LogP contribution < -0.4 is 10.2 Å². The maximum absolute atomic E-state index is 12.2. The summed E-state index contributed by atoms with van der Waals surface area (Å²) in [5.41, 5.74) is 1.07. The lowest BCUT2D eigenvalue weighted by atomic mass is 10.2. The van der Waals surface area contributed by atoms with Crippen LogP contribution in [0.15, 0.2) is 36.8 Å². The molecule has 22 heavy (non-hydrogen) atoms. The van der Waals surface area contributed by atoms with E-state index in [1.54, 1.807) is 17.1 Å². The maximum Gasteiger partial charge on any atom is 0.244 e. The third kappa shape index (κ3) is 3.27. The molecule has 1 atom stereocenters. The highest BCUT2D eigenvalue weighted by molar-refractivity contribution is 5.79. The minimum Gasteiger partial charge on any atom is -0.357 e. The van der Waals surface area contributed by atoms with Gasteiger partial charge in [-0.15, -0.1) is 0 Å². The van der Waals surface area contributed by atoms with Gasteiger partial charge in [-0.05, 0) is 43.5 Å². The summed E-state index contributed by atoms with van der Waals surface area (Å²) >= 11 is 0. The van der Waals surface area contributed by atoms with Crippen LogP contribution in [0, 0.1) is 0 Å². The topological polar surface area (TPSA) is 63.1 Å². The highest BCUT2D eigenvalue weighted by Gasteiger charge is 2.16. The van der Waals surface area contributed by atoms with Gasteiger partial charge in [0.15, 0.2) is 0 Å². The minimum absolute atomic E-state index is 0.0387. The first-order valence-electron chi connectivity index (χ1n) is 7.71. The Morgan fingerprint density at radius 1 is 1.36 bits per heavy atom. The number of carbonyl (C=O) groups is 1. The fourth-order valence-corrected chi connectivity index (χ4v) is 2.66. The van der Waals surface area contributed by atoms with E-state index in [9.17, 15) is 4.79 Å². The molecule has 1 saturated heterocycles. The summed E-state index contributed by atoms with van der Waals surface area (Å²) in [5, 5.41) is 7.06. The number of anilines is 1. The normalized spacial score (nSPS) is 15.8. The molecule has 6 heteroatoms. The quantitative estimate of drug-likeness (QED) is 0.913. The monoisotopic (exact) mass is 299 g/mol. The molecule has 0 bridgehead atoms. The molecule has 0 saturated carbocycles. The van der Waals surface area contributed by atoms with Crippen molar-refractivity contribution in [2.24, 2.45) is 0 Å². The fraction of sp³-hybridized carbons (Fsp3) is 0.438. The van der Waals surface area contributed by atoms with Crippen LogP contribution in [-0.4, -0.2) is 33.8 Å². The molecule has 0 spiro atoms. The minimum atomic E-state index is -0.310. The van der Waals surface area contributed by atoms with E-state index >= 15 is 0 Å². The summed E-state index contributed by atoms with van der Waals surface area (Å²) in [7, 11) is 0. The van der Waals surface area contributed by atoms with Crippen molar-refractivity contribution in [3.05, 3.63) is 42.4 Å². The number of amides is 1. The molecule has 0 aliphatic carbocycles. The van der Waals surface area contributed by atoms with Gasteiger partial charge in [0.2, 0.25) is 5.91 Å². The lowest BCUT2D eigenvalue weighted by Crippen LogP contribution is -2.31. The number of aromatic nitrogens is 3. The smallest absolute Gasteiger partial charge is 0.244 e. The highest BCUT2D eigenvalue weighted by atomic mass is 16.2. The van der Waals surface area contributed by atoms with E-state index in [0.717, 1.165) is 24.5 Å². The molecule has 116 valence electrons. The van der Waals surface area contributed by atoms with E-state index in [1.165, 1.54) is 12.8 Å². The first kappa shape index (κ1) is 14.6. The van der Waals surface area contributed by atoms with Crippen LogP contribution in [0.25, 0.3) is 0 Å². The van der Waals surface area contributed by atoms with E-state index in [2.05, 4.69) is 26.4 Å². The Labute approximate surface area is 130 Å². The second-order valence-corrected chi connectivity index (χ2v) is 5.60. The molecule has 1 fully saturated rings. The SMILES string of the molecule is C[C@H](C(=O)NCc1ccnc(N2CCCC2)c1)n1cccn1. The van der Waals surface area contributed by atoms with Gasteiger partial charge < -0.3 is 10.2 Å². The molecule has 1 aliphatic heterocycles. The molecule has 2 aromatic heterocycles. The Bertz CT molecular complexity index is 619. The predicted molar refractivity (Wildman–Crippen MR) is 84.5 cm³/mol. The summed E-state index contributed by atoms with van der Waals surface area (Å²) in [5.74, 6) is 0.965. The van der Waals surface area contributed by atoms with Gasteiger partial charge in [-0.2, -0.15) is 5.10 Å². The number of rotatable bonds is 5. The van der Waals surface area contributed by atoms with Gasteiger partial charge in [0.05, 0.1) is 0 Å². The third-order valence-corrected chi connectivity index (χ3v) is 4.01. The van der Waals surface area contributed by atoms with Gasteiger partial charge in [0.1, 0.15) is 11.9 Å². The molecule has 1 N–H and O–H groups in total. The van der Waals surface area contributed by atoms with E-state index in [4.69, 9.17) is 0 Å². The predicted octanol–water partition coefficient (Wildman–Crippen LogP) is 1.76. The van der Waals surface area contributed by atoms with Crippen LogP contribution in [0.3, 0.4) is 0 Å². The largest absolute Gasteiger partial charge is 0.357 e. The Hall–Kier alpha value is -2.37. The number of pyridine rings is 1. The van der Waals surface area contributed by atoms with Crippen LogP contribution in [0.1, 0.15) is 31.4 Å². The average Bonchev–Trinajstić information content (AvgIpc) is 3.24. The van der Waals surface area contributed by atoms with Crippen LogP contribution in [0.2, 0.25) is 0 Å². The molecule has 6 nitrogen and oxygen atoms in total. The van der Waals surface area contributed by atoms with Crippen LogP contribution in [0.4, 0.5) is 5.82 Å². The molecule has 0 radical (unpaired) electrons. The lowest BCUT2D eigenvalue weighted by Gasteiger charge is -2.17. The molecular formula is C16H21N5O. The zero-order valence-corrected chi connectivity index (χ0v) is 12.8. The second kappa shape index (κ2) is 6.60. The Morgan fingerprint density at radius 3 is 2.91 bits per heavy atom. The van der Waals surface area contributed by atoms with Crippen molar-refractivity contribution in [3.8, 4) is 0 Å². The van der Waals surface area contributed by atoms with Gasteiger partial charge in [0.25, 0.3) is 0 Å². The Kier molecular flexibility index (Phi) is 4.37. The van der Waals surface area contributed by atoms with Crippen molar-refractivity contribution in [3.63, 3.8) is 0 Å². The zero-order valence-electron chi connectivity index (χ0n) is 12.8. The highest BCUT2D eigenvalue weighted by Crippen LogP contribution is 2.18. The van der Waals surface area contributed by atoms with Gasteiger partial charge in [-0.3, -0.25) is 9.48 Å². The lowest BCUT2D eigenvalue weighted by molar-refractivity contribution is -0.124. The molecule has 1 amide bonds. The van der Waals surface area contributed by atoms with Crippen molar-refractivity contribution in [1.29, 1.82) is 0 Å². The van der Waals surface area contributed by atoms with Crippen molar-refractivity contribution in [2.75, 3.05) is 18.0 Å². The van der Waals surface area contributed by atoms with Gasteiger partial charge in [-0.1, -0.05) is 0 Å². The summed E-state index contributed by atoms with van der Waals surface area (Å²) < 4.78 is 1.65. The van der Waals surface area contributed by atoms with Gasteiger partial charge in [0, 0.05) is 38.2 Å². The van der Waals surface area contributed by atoms with E-state index < -0.39 is 0 Å². The molecule has 0 unspecified atom stereocenters. The standard InChI is InChI=1S/C16H21N5O/c1-13(21-10-4-6-19-21)16(22)18-12-14-5-7-17-15(11-14)20-8-2-3-9-20/h4-7,10-11,13H,2-3,8-9,12H2,1H3,(H,18,22)/t13-/m1/s1. The molecule has 0 aromatic carbocycles. The number of hydrogen-bond donors (Lipinski definition) is 1. The Morgan fingerprint density at radius 2 is 2.18 bits per heavy atom. The molecule has 3 rings (SSSR count). The summed E-state index contributed by atoms with van der Waals surface area (Å²) in [6, 6.07) is 5.51. The van der Waals surface area contributed by atoms with Crippen molar-refractivity contribution in [1.82, 2.24) is 20.1 Å². The van der Waals surface area contributed by atoms with E-state index in [-0.39, 0.29) is 11.9 Å². The molecular weight excluding hydrogens is 278 g/mol. The number of hydrogen-bond acceptors (Lipinski definition) is 4. The molecule has 1 aliphatic rings. The summed E-state index contributed by atoms with van der Waals surface area (Å²) in [6.45, 7) is 4.48. The number of nitrogens with zero attached hydrogens (tertiary/aromatic N) is 4. The first-order valence-corrected chi connectivity index (χ1v) is 7.71. The first-order chi connectivity index (χ1) is 10.7. The Balaban J connectivity index is 1.59. The molecule has 3 heterocycles. The van der Waals surface area contributed by atoms with Gasteiger partial charge >= 0.3 is 0 Å². The fourth-order valence-electron chi connectivity index (χ4n) is 2.66. The summed E-state index contributed by atoms with van der Waals surface area (Å²) in [6.07, 6.45) is 7.73. The average molecular weight is 299 g/mol. The number of nitrogens with one attached hydrogen (secondary N) is 1. The maximum atomic E-state index is 12.2. The van der Waals surface area contributed by atoms with Crippen molar-refractivity contribution in [2.45, 2.75) is 32.4 Å². The molecule has 2 aromatic rings. The van der Waals surface area contributed by atoms with Crippen LogP contribution >= 0.6 is 0 Å². The zero-order chi connectivity index (χ0) is 15.4. The van der Waals surface area contributed by atoms with E-state index in [1.807, 2.05) is 25.3 Å². The second-order valence-electron chi connectivity index (χ2n) is 5.60. The summed E-state index contributed by atoms with van der Waals surface area (Å²) in [4.78, 5) is 18.9. The van der Waals surface area contributed by atoms with Crippen LogP contribution in [0.5, 0.6) is 0 Å². The van der Waals surface area contributed by atoms with Crippen molar-refractivity contribution >= 4 is 11.7 Å². The third-order valence-electron chi connectivity index (χ3n) is 4.01. The van der Waals surface area contributed by atoms with Crippen molar-refractivity contribution < 1.29 is 4.79 Å². The van der Waals surface area contributed by atoms with E-state index in [0.29, 0.717) is 6.54 Å². The van der Waals surface area contributed by atoms with Crippen LogP contribution in [-0.2, 0) is 11.3 Å². The number of carbonyl (C=O) groups excluding carboxylic acids is 1.